The second-order valence-electron chi connectivity index (χ2n) is 10.0. The molecule has 1 saturated heterocycles. The molecule has 6 N–H and O–H groups in total. The van der Waals surface area contributed by atoms with Crippen molar-refractivity contribution >= 4 is 16.9 Å². The van der Waals surface area contributed by atoms with Gasteiger partial charge in [-0.05, 0) is 30.5 Å². The molecule has 3 aliphatic rings. The quantitative estimate of drug-likeness (QED) is 0.214. The van der Waals surface area contributed by atoms with Crippen LogP contribution >= 0.6 is 0 Å². The van der Waals surface area contributed by atoms with Crippen LogP contribution in [0.2, 0.25) is 0 Å². The van der Waals surface area contributed by atoms with Crippen LogP contribution in [0.1, 0.15) is 23.7 Å². The lowest BCUT2D eigenvalue weighted by atomic mass is 9.77. The Balaban J connectivity index is 1.51. The predicted molar refractivity (Wildman–Crippen MR) is 135 cm³/mol. The second-order valence-corrected chi connectivity index (χ2v) is 10.0. The van der Waals surface area contributed by atoms with E-state index in [1.807, 2.05) is 12.3 Å². The summed E-state index contributed by atoms with van der Waals surface area (Å²) in [5.74, 6) is -0.600. The van der Waals surface area contributed by atoms with Crippen LogP contribution in [0.15, 0.2) is 42.6 Å². The number of aromatic nitrogens is 1. The molecule has 4 heterocycles. The Bertz CT molecular complexity index is 1220. The molecule has 0 spiro atoms. The number of hydrogen-bond acceptors (Lipinski definition) is 10. The molecule has 1 fully saturated rings. The van der Waals surface area contributed by atoms with Gasteiger partial charge in [0, 0.05) is 47.8 Å². The van der Waals surface area contributed by atoms with E-state index in [1.54, 1.807) is 18.2 Å². The van der Waals surface area contributed by atoms with Gasteiger partial charge in [0.25, 0.3) is 0 Å². The van der Waals surface area contributed by atoms with Crippen molar-refractivity contribution in [2.45, 2.75) is 49.6 Å². The highest BCUT2D eigenvalue weighted by molar-refractivity contribution is 5.91. The Kier molecular flexibility index (Phi) is 7.49. The number of aliphatic hydroxyl groups excluding tert-OH is 5. The molecule has 206 valence electrons. The maximum absolute atomic E-state index is 12.6. The van der Waals surface area contributed by atoms with Gasteiger partial charge in [-0.2, -0.15) is 0 Å². The molecule has 1 aromatic heterocycles. The molecule has 8 unspecified atom stereocenters. The number of fused-ring (bicyclic) bond motifs is 5. The third kappa shape index (κ3) is 4.39. The van der Waals surface area contributed by atoms with Crippen LogP contribution < -0.4 is 4.74 Å². The Morgan fingerprint density at radius 2 is 2.05 bits per heavy atom. The van der Waals surface area contributed by atoms with Crippen molar-refractivity contribution in [1.29, 1.82) is 0 Å². The Labute approximate surface area is 219 Å². The molecule has 38 heavy (non-hydrogen) atoms. The molecule has 0 amide bonds. The lowest BCUT2D eigenvalue weighted by molar-refractivity contribution is -0.277. The first-order chi connectivity index (χ1) is 18.3. The number of aliphatic hydroxyl groups is 5. The minimum atomic E-state index is -1.54. The zero-order valence-corrected chi connectivity index (χ0v) is 21.1. The molecule has 2 aromatic rings. The number of carbonyl (C=O) groups is 1. The summed E-state index contributed by atoms with van der Waals surface area (Å²) in [6.07, 6.45) is -2.23. The van der Waals surface area contributed by atoms with Crippen LogP contribution in [0.25, 0.3) is 10.9 Å². The van der Waals surface area contributed by atoms with Crippen LogP contribution in [0.3, 0.4) is 0 Å². The van der Waals surface area contributed by atoms with Crippen molar-refractivity contribution in [3.05, 3.63) is 53.9 Å². The molecular formula is C27H34N2O9. The van der Waals surface area contributed by atoms with Crippen LogP contribution in [0.5, 0.6) is 5.75 Å². The zero-order valence-electron chi connectivity index (χ0n) is 21.1. The van der Waals surface area contributed by atoms with E-state index in [9.17, 15) is 30.3 Å². The Hall–Kier alpha value is -2.93. The molecule has 0 aliphatic carbocycles. The van der Waals surface area contributed by atoms with Gasteiger partial charge in [0.15, 0.2) is 0 Å². The topological polar surface area (TPSA) is 165 Å². The molecule has 11 nitrogen and oxygen atoms in total. The van der Waals surface area contributed by atoms with Crippen LogP contribution in [0.4, 0.5) is 0 Å². The molecule has 0 radical (unpaired) electrons. The summed E-state index contributed by atoms with van der Waals surface area (Å²) in [5.41, 5.74) is 3.30. The van der Waals surface area contributed by atoms with Crippen molar-refractivity contribution in [3.63, 3.8) is 0 Å². The van der Waals surface area contributed by atoms with Gasteiger partial charge in [0.05, 0.1) is 25.3 Å². The number of benzene rings is 1. The first kappa shape index (κ1) is 26.7. The molecule has 3 aliphatic heterocycles. The van der Waals surface area contributed by atoms with Crippen molar-refractivity contribution in [2.24, 2.45) is 11.8 Å². The summed E-state index contributed by atoms with van der Waals surface area (Å²) in [6, 6.07) is 5.34. The van der Waals surface area contributed by atoms with Gasteiger partial charge in [-0.15, -0.1) is 6.58 Å². The van der Waals surface area contributed by atoms with Gasteiger partial charge >= 0.3 is 5.97 Å². The molecule has 0 bridgehead atoms. The van der Waals surface area contributed by atoms with Gasteiger partial charge in [0.2, 0.25) is 6.29 Å². The fourth-order valence-corrected chi connectivity index (χ4v) is 5.94. The normalized spacial score (nSPS) is 31.7. The summed E-state index contributed by atoms with van der Waals surface area (Å²) < 4.78 is 16.6. The number of methoxy groups -OCH3 is 1. The maximum Gasteiger partial charge on any atom is 0.335 e. The van der Waals surface area contributed by atoms with Crippen molar-refractivity contribution < 1.29 is 44.5 Å². The van der Waals surface area contributed by atoms with E-state index in [2.05, 4.69) is 16.5 Å². The summed E-state index contributed by atoms with van der Waals surface area (Å²) in [5, 5.41) is 51.1. The standard InChI is InChI=1S/C27H34N2O9/c1-3-13(11-30)15-9-18-22-14(7-8-29(18)10-16(15)26(35)36-2)21-17(28-22)5-4-6-19(21)37-27-25(34)24(33)23(32)20(12-31)38-27/h3-6,10,13,15,18,20,23-25,27-28,30-34H,1,7-9,11-12H2,2H3. The second kappa shape index (κ2) is 10.7. The fourth-order valence-electron chi connectivity index (χ4n) is 5.94. The van der Waals surface area contributed by atoms with E-state index in [0.29, 0.717) is 30.7 Å². The number of carbonyl (C=O) groups excluding carboxylic acids is 1. The number of nitrogens with zero attached hydrogens (tertiary/aromatic N) is 1. The number of hydrogen-bond donors (Lipinski definition) is 6. The number of nitrogens with one attached hydrogen (secondary N) is 1. The van der Waals surface area contributed by atoms with E-state index in [1.165, 1.54) is 7.11 Å². The summed E-state index contributed by atoms with van der Waals surface area (Å²) in [4.78, 5) is 18.2. The third-order valence-electron chi connectivity index (χ3n) is 8.00. The van der Waals surface area contributed by atoms with Crippen LogP contribution in [0, 0.1) is 11.8 Å². The van der Waals surface area contributed by atoms with Gasteiger partial charge in [-0.3, -0.25) is 0 Å². The molecule has 1 aromatic carbocycles. The zero-order chi connectivity index (χ0) is 27.1. The highest BCUT2D eigenvalue weighted by atomic mass is 16.7. The fraction of sp³-hybridized carbons (Fsp3) is 0.519. The van der Waals surface area contributed by atoms with E-state index < -0.39 is 43.3 Å². The third-order valence-corrected chi connectivity index (χ3v) is 8.00. The Morgan fingerprint density at radius 1 is 1.26 bits per heavy atom. The monoisotopic (exact) mass is 530 g/mol. The summed E-state index contributed by atoms with van der Waals surface area (Å²) in [6.45, 7) is 3.78. The number of rotatable bonds is 7. The molecule has 0 saturated carbocycles. The van der Waals surface area contributed by atoms with E-state index in [4.69, 9.17) is 14.2 Å². The van der Waals surface area contributed by atoms with E-state index >= 15 is 0 Å². The molecule has 11 heteroatoms. The first-order valence-electron chi connectivity index (χ1n) is 12.7. The predicted octanol–water partition coefficient (Wildman–Crippen LogP) is 0.117. The minimum absolute atomic E-state index is 0.0985. The van der Waals surface area contributed by atoms with Crippen LogP contribution in [-0.4, -0.2) is 99.0 Å². The number of esters is 1. The number of H-pyrrole nitrogens is 1. The number of aromatic amines is 1. The molecule has 5 rings (SSSR count). The average molecular weight is 531 g/mol. The van der Waals surface area contributed by atoms with Gasteiger partial charge in [0.1, 0.15) is 30.2 Å². The average Bonchev–Trinajstić information content (AvgIpc) is 3.33. The highest BCUT2D eigenvalue weighted by Crippen LogP contribution is 2.46. The van der Waals surface area contributed by atoms with Gasteiger partial charge in [-0.1, -0.05) is 12.1 Å². The summed E-state index contributed by atoms with van der Waals surface area (Å²) >= 11 is 0. The van der Waals surface area contributed by atoms with Crippen molar-refractivity contribution in [2.75, 3.05) is 26.9 Å². The van der Waals surface area contributed by atoms with Gasteiger partial charge in [-0.25, -0.2) is 4.79 Å². The number of ether oxygens (including phenoxy) is 3. The van der Waals surface area contributed by atoms with E-state index in [-0.39, 0.29) is 24.5 Å². The minimum Gasteiger partial charge on any atom is -0.466 e. The van der Waals surface area contributed by atoms with E-state index in [0.717, 1.165) is 22.2 Å². The van der Waals surface area contributed by atoms with Crippen molar-refractivity contribution in [3.8, 4) is 5.75 Å². The summed E-state index contributed by atoms with van der Waals surface area (Å²) in [7, 11) is 1.34. The smallest absolute Gasteiger partial charge is 0.335 e. The highest BCUT2D eigenvalue weighted by Gasteiger charge is 2.45. The lowest BCUT2D eigenvalue weighted by Gasteiger charge is -2.43. The van der Waals surface area contributed by atoms with Crippen LogP contribution in [-0.2, 0) is 20.7 Å². The first-order valence-corrected chi connectivity index (χ1v) is 12.7. The largest absolute Gasteiger partial charge is 0.466 e. The molecule has 8 atom stereocenters. The molecular weight excluding hydrogens is 496 g/mol. The Morgan fingerprint density at radius 3 is 2.74 bits per heavy atom. The SMILES string of the molecule is C=CC(CO)C1CC2c3[nH]c4cccc(OC5OC(CO)C(O)C(O)C5O)c4c3CCN2C=C1C(=O)OC. The van der Waals surface area contributed by atoms with Crippen molar-refractivity contribution in [1.82, 2.24) is 9.88 Å². The van der Waals surface area contributed by atoms with Gasteiger partial charge < -0.3 is 49.6 Å². The lowest BCUT2D eigenvalue weighted by Crippen LogP contribution is -2.60. The maximum atomic E-state index is 12.6.